The summed E-state index contributed by atoms with van der Waals surface area (Å²) in [5, 5.41) is 6.42. The topological polar surface area (TPSA) is 76.4 Å². The minimum Gasteiger partial charge on any atom is -0.497 e. The van der Waals surface area contributed by atoms with Crippen LogP contribution in [0.25, 0.3) is 10.8 Å². The van der Waals surface area contributed by atoms with Crippen molar-refractivity contribution in [1.82, 2.24) is 10.3 Å². The first kappa shape index (κ1) is 16.1. The van der Waals surface area contributed by atoms with E-state index in [4.69, 9.17) is 9.15 Å². The number of methoxy groups -OCH3 is 1. The first-order valence-corrected chi connectivity index (χ1v) is 8.16. The fraction of sp³-hybridized carbons (Fsp3) is 0.176. The minimum atomic E-state index is -0.282. The number of benzene rings is 1. The van der Waals surface area contributed by atoms with Crippen LogP contribution < -0.4 is 15.4 Å². The van der Waals surface area contributed by atoms with Crippen molar-refractivity contribution in [3.8, 4) is 16.5 Å². The van der Waals surface area contributed by atoms with Crippen LogP contribution in [0, 0.1) is 6.92 Å². The Labute approximate surface area is 143 Å². The molecule has 0 bridgehead atoms. The molecule has 2 amide bonds. The van der Waals surface area contributed by atoms with Crippen molar-refractivity contribution in [2.45, 2.75) is 13.5 Å². The number of urea groups is 1. The smallest absolute Gasteiger partial charge is 0.319 e. The van der Waals surface area contributed by atoms with Gasteiger partial charge in [0.15, 0.2) is 10.8 Å². The molecule has 124 valence electrons. The van der Waals surface area contributed by atoms with Gasteiger partial charge in [-0.2, -0.15) is 0 Å². The van der Waals surface area contributed by atoms with Gasteiger partial charge in [-0.25, -0.2) is 9.78 Å². The van der Waals surface area contributed by atoms with Crippen LogP contribution in [0.5, 0.6) is 5.75 Å². The van der Waals surface area contributed by atoms with Gasteiger partial charge >= 0.3 is 6.03 Å². The van der Waals surface area contributed by atoms with E-state index in [1.165, 1.54) is 11.3 Å². The number of hydrogen-bond donors (Lipinski definition) is 2. The summed E-state index contributed by atoms with van der Waals surface area (Å²) in [5.74, 6) is 1.42. The van der Waals surface area contributed by atoms with E-state index in [0.29, 0.717) is 18.0 Å². The van der Waals surface area contributed by atoms with Crippen LogP contribution in [0.3, 0.4) is 0 Å². The Morgan fingerprint density at radius 1 is 1.33 bits per heavy atom. The second kappa shape index (κ2) is 7.18. The number of amides is 2. The molecule has 3 rings (SSSR count). The Bertz CT molecular complexity index is 827. The third-order valence-corrected chi connectivity index (χ3v) is 4.53. The molecule has 3 aromatic rings. The largest absolute Gasteiger partial charge is 0.497 e. The maximum atomic E-state index is 12.0. The van der Waals surface area contributed by atoms with Gasteiger partial charge < -0.3 is 19.8 Å². The van der Waals surface area contributed by atoms with Gasteiger partial charge in [0.05, 0.1) is 25.6 Å². The molecular weight excluding hydrogens is 326 g/mol. The van der Waals surface area contributed by atoms with Crippen molar-refractivity contribution in [3.05, 3.63) is 53.2 Å². The van der Waals surface area contributed by atoms with Gasteiger partial charge in [0, 0.05) is 16.6 Å². The van der Waals surface area contributed by atoms with Gasteiger partial charge in [-0.1, -0.05) is 6.07 Å². The first-order chi connectivity index (χ1) is 11.7. The van der Waals surface area contributed by atoms with E-state index in [-0.39, 0.29) is 6.03 Å². The van der Waals surface area contributed by atoms with Crippen LogP contribution >= 0.6 is 11.3 Å². The van der Waals surface area contributed by atoms with Crippen molar-refractivity contribution in [2.24, 2.45) is 0 Å². The lowest BCUT2D eigenvalue weighted by Crippen LogP contribution is -2.28. The predicted molar refractivity (Wildman–Crippen MR) is 93.4 cm³/mol. The molecule has 0 saturated heterocycles. The van der Waals surface area contributed by atoms with Crippen molar-refractivity contribution >= 4 is 23.1 Å². The van der Waals surface area contributed by atoms with Gasteiger partial charge in [-0.3, -0.25) is 0 Å². The number of ether oxygens (including phenoxy) is 1. The molecule has 0 radical (unpaired) electrons. The normalized spacial score (nSPS) is 10.4. The maximum Gasteiger partial charge on any atom is 0.319 e. The summed E-state index contributed by atoms with van der Waals surface area (Å²) >= 11 is 1.50. The van der Waals surface area contributed by atoms with Crippen LogP contribution in [0.15, 0.2) is 47.1 Å². The summed E-state index contributed by atoms with van der Waals surface area (Å²) in [5.41, 5.74) is 1.55. The predicted octanol–water partition coefficient (Wildman–Crippen LogP) is 4.04. The molecule has 6 nitrogen and oxygen atoms in total. The number of carbonyl (C=O) groups is 1. The molecule has 0 fully saturated rings. The fourth-order valence-corrected chi connectivity index (χ4v) is 3.10. The van der Waals surface area contributed by atoms with Gasteiger partial charge in [0.1, 0.15) is 5.75 Å². The fourth-order valence-electron chi connectivity index (χ4n) is 2.13. The van der Waals surface area contributed by atoms with Crippen LogP contribution in [-0.4, -0.2) is 18.1 Å². The Morgan fingerprint density at radius 2 is 2.21 bits per heavy atom. The molecule has 0 atom stereocenters. The van der Waals surface area contributed by atoms with Crippen LogP contribution in [0.4, 0.5) is 10.5 Å². The number of carbonyl (C=O) groups excluding carboxylic acids is 1. The number of aromatic nitrogens is 1. The van der Waals surface area contributed by atoms with Gasteiger partial charge in [0.2, 0.25) is 0 Å². The van der Waals surface area contributed by atoms with E-state index in [1.54, 1.807) is 25.5 Å². The molecule has 1 aromatic carbocycles. The molecule has 0 spiro atoms. The maximum absolute atomic E-state index is 12.0. The average molecular weight is 343 g/mol. The number of anilines is 1. The molecule has 2 heterocycles. The van der Waals surface area contributed by atoms with Gasteiger partial charge in [0.25, 0.3) is 0 Å². The highest BCUT2D eigenvalue weighted by Crippen LogP contribution is 2.28. The summed E-state index contributed by atoms with van der Waals surface area (Å²) in [6.45, 7) is 2.32. The van der Waals surface area contributed by atoms with E-state index in [2.05, 4.69) is 15.6 Å². The summed E-state index contributed by atoms with van der Waals surface area (Å²) in [4.78, 5) is 17.5. The van der Waals surface area contributed by atoms with Crippen molar-refractivity contribution < 1.29 is 13.9 Å². The van der Waals surface area contributed by atoms with Gasteiger partial charge in [-0.15, -0.1) is 11.3 Å². The lowest BCUT2D eigenvalue weighted by Gasteiger charge is -2.08. The average Bonchev–Trinajstić information content (AvgIpc) is 3.23. The monoisotopic (exact) mass is 343 g/mol. The summed E-state index contributed by atoms with van der Waals surface area (Å²) in [7, 11) is 1.59. The molecule has 2 N–H and O–H groups in total. The van der Waals surface area contributed by atoms with Crippen molar-refractivity contribution in [2.75, 3.05) is 12.4 Å². The van der Waals surface area contributed by atoms with Gasteiger partial charge in [-0.05, 0) is 31.2 Å². The van der Waals surface area contributed by atoms with Crippen LogP contribution in [-0.2, 0) is 6.54 Å². The summed E-state index contributed by atoms with van der Waals surface area (Å²) in [6, 6.07) is 10.6. The molecular formula is C17H17N3O3S. The number of nitrogens with zero attached hydrogens (tertiary/aromatic N) is 1. The molecule has 2 aromatic heterocycles. The Morgan fingerprint density at radius 3 is 2.96 bits per heavy atom. The molecule has 0 unspecified atom stereocenters. The number of thiazole rings is 1. The Balaban J connectivity index is 1.60. The highest BCUT2D eigenvalue weighted by Gasteiger charge is 2.12. The standard InChI is InChI=1S/C17H17N3O3S/c1-11-15(24-16(19-11)14-7-4-8-23-14)10-18-17(21)20-12-5-3-6-13(9-12)22-2/h3-9H,10H2,1-2H3,(H2,18,20,21). The second-order valence-corrected chi connectivity index (χ2v) is 6.13. The third-order valence-electron chi connectivity index (χ3n) is 3.36. The Kier molecular flexibility index (Phi) is 4.81. The summed E-state index contributed by atoms with van der Waals surface area (Å²) < 4.78 is 10.5. The number of furan rings is 1. The van der Waals surface area contributed by atoms with Crippen LogP contribution in [0.1, 0.15) is 10.6 Å². The van der Waals surface area contributed by atoms with E-state index in [1.807, 2.05) is 31.2 Å². The molecule has 7 heteroatoms. The SMILES string of the molecule is COc1cccc(NC(=O)NCc2sc(-c3ccco3)nc2C)c1. The number of hydrogen-bond acceptors (Lipinski definition) is 5. The highest BCUT2D eigenvalue weighted by molar-refractivity contribution is 7.15. The van der Waals surface area contributed by atoms with E-state index >= 15 is 0 Å². The number of nitrogens with one attached hydrogen (secondary N) is 2. The van der Waals surface area contributed by atoms with Crippen molar-refractivity contribution in [3.63, 3.8) is 0 Å². The molecule has 0 aliphatic heterocycles. The minimum absolute atomic E-state index is 0.282. The number of aryl methyl sites for hydroxylation is 1. The highest BCUT2D eigenvalue weighted by atomic mass is 32.1. The first-order valence-electron chi connectivity index (χ1n) is 7.35. The van der Waals surface area contributed by atoms with E-state index in [0.717, 1.165) is 21.3 Å². The third kappa shape index (κ3) is 3.75. The molecule has 0 aliphatic carbocycles. The van der Waals surface area contributed by atoms with E-state index in [9.17, 15) is 4.79 Å². The second-order valence-electron chi connectivity index (χ2n) is 5.04. The lowest BCUT2D eigenvalue weighted by molar-refractivity contribution is 0.252. The zero-order valence-electron chi connectivity index (χ0n) is 13.3. The Hall–Kier alpha value is -2.80. The molecule has 0 saturated carbocycles. The zero-order chi connectivity index (χ0) is 16.9. The number of rotatable bonds is 5. The van der Waals surface area contributed by atoms with Crippen LogP contribution in [0.2, 0.25) is 0 Å². The quantitative estimate of drug-likeness (QED) is 0.733. The van der Waals surface area contributed by atoms with Crippen molar-refractivity contribution in [1.29, 1.82) is 0 Å². The summed E-state index contributed by atoms with van der Waals surface area (Å²) in [6.07, 6.45) is 1.62. The van der Waals surface area contributed by atoms with E-state index < -0.39 is 0 Å². The zero-order valence-corrected chi connectivity index (χ0v) is 14.1. The lowest BCUT2D eigenvalue weighted by atomic mass is 10.3. The molecule has 0 aliphatic rings. The molecule has 24 heavy (non-hydrogen) atoms.